The molecule has 3 rings (SSSR count). The molecule has 0 amide bonds. The molecule has 102 valence electrons. The van der Waals surface area contributed by atoms with Crippen molar-refractivity contribution in [1.82, 2.24) is 10.1 Å². The normalized spacial score (nSPS) is 11.7. The molecule has 0 fully saturated rings. The van der Waals surface area contributed by atoms with Gasteiger partial charge in [-0.05, 0) is 35.7 Å². The number of aromatic nitrogens is 2. The lowest BCUT2D eigenvalue weighted by molar-refractivity contribution is 0.433. The summed E-state index contributed by atoms with van der Waals surface area (Å²) >= 11 is 1.50. The summed E-state index contributed by atoms with van der Waals surface area (Å²) in [5.41, 5.74) is 0.656. The van der Waals surface area contributed by atoms with E-state index in [0.717, 1.165) is 4.88 Å². The number of primary sulfonamides is 1. The van der Waals surface area contributed by atoms with Gasteiger partial charge >= 0.3 is 0 Å². The number of sulfonamides is 1. The molecular weight excluding hydrogens is 298 g/mol. The first-order chi connectivity index (χ1) is 9.54. The van der Waals surface area contributed by atoms with E-state index in [0.29, 0.717) is 17.3 Å². The number of nitrogens with zero attached hydrogens (tertiary/aromatic N) is 2. The van der Waals surface area contributed by atoms with Crippen molar-refractivity contribution < 1.29 is 12.9 Å². The Morgan fingerprint density at radius 1 is 1.15 bits per heavy atom. The zero-order chi connectivity index (χ0) is 14.2. The minimum absolute atomic E-state index is 0.0447. The number of thiophene rings is 1. The SMILES string of the molecule is NS(=O)(=O)c1ccc(-c2noc(-c3cccs3)n2)cc1. The van der Waals surface area contributed by atoms with Crippen molar-refractivity contribution in [3.05, 3.63) is 41.8 Å². The van der Waals surface area contributed by atoms with Gasteiger partial charge in [-0.25, -0.2) is 13.6 Å². The standard InChI is InChI=1S/C12H9N3O3S2/c13-20(16,17)9-5-3-8(4-6-9)11-14-12(18-15-11)10-2-1-7-19-10/h1-7H,(H2,13,16,17). The Hall–Kier alpha value is -2.03. The Morgan fingerprint density at radius 2 is 1.90 bits per heavy atom. The molecule has 2 heterocycles. The highest BCUT2D eigenvalue weighted by Crippen LogP contribution is 2.25. The number of rotatable bonds is 3. The lowest BCUT2D eigenvalue weighted by Crippen LogP contribution is -2.11. The van der Waals surface area contributed by atoms with Crippen molar-refractivity contribution in [2.24, 2.45) is 5.14 Å². The molecule has 3 aromatic rings. The Morgan fingerprint density at radius 3 is 2.50 bits per heavy atom. The van der Waals surface area contributed by atoms with Crippen LogP contribution in [0, 0.1) is 0 Å². The van der Waals surface area contributed by atoms with Crippen LogP contribution in [0.1, 0.15) is 0 Å². The van der Waals surface area contributed by atoms with E-state index in [1.54, 1.807) is 12.1 Å². The molecule has 0 aliphatic heterocycles. The predicted octanol–water partition coefficient (Wildman–Crippen LogP) is 2.11. The van der Waals surface area contributed by atoms with Crippen molar-refractivity contribution >= 4 is 21.4 Å². The third-order valence-corrected chi connectivity index (χ3v) is 4.39. The molecule has 0 saturated carbocycles. The minimum Gasteiger partial charge on any atom is -0.333 e. The fourth-order valence-electron chi connectivity index (χ4n) is 1.63. The van der Waals surface area contributed by atoms with Crippen LogP contribution in [0.15, 0.2) is 51.2 Å². The maximum atomic E-state index is 11.2. The Balaban J connectivity index is 1.94. The molecule has 0 bridgehead atoms. The van der Waals surface area contributed by atoms with E-state index in [9.17, 15) is 8.42 Å². The van der Waals surface area contributed by atoms with E-state index < -0.39 is 10.0 Å². The van der Waals surface area contributed by atoms with E-state index >= 15 is 0 Å². The van der Waals surface area contributed by atoms with Gasteiger partial charge in [0.1, 0.15) is 0 Å². The van der Waals surface area contributed by atoms with Crippen molar-refractivity contribution in [2.75, 3.05) is 0 Å². The Kier molecular flexibility index (Phi) is 3.13. The maximum absolute atomic E-state index is 11.2. The van der Waals surface area contributed by atoms with E-state index in [1.807, 2.05) is 17.5 Å². The number of hydrogen-bond acceptors (Lipinski definition) is 6. The summed E-state index contributed by atoms with van der Waals surface area (Å²) in [6, 6.07) is 9.76. The second-order valence-corrected chi connectivity index (χ2v) is 6.48. The smallest absolute Gasteiger partial charge is 0.268 e. The molecule has 2 aromatic heterocycles. The first-order valence-electron chi connectivity index (χ1n) is 5.55. The van der Waals surface area contributed by atoms with Gasteiger partial charge in [-0.3, -0.25) is 0 Å². The quantitative estimate of drug-likeness (QED) is 0.799. The third kappa shape index (κ3) is 2.48. The molecule has 0 radical (unpaired) electrons. The van der Waals surface area contributed by atoms with Crippen molar-refractivity contribution in [1.29, 1.82) is 0 Å². The van der Waals surface area contributed by atoms with Crippen LogP contribution >= 0.6 is 11.3 Å². The number of benzene rings is 1. The Bertz CT molecular complexity index is 821. The van der Waals surface area contributed by atoms with Crippen molar-refractivity contribution in [2.45, 2.75) is 4.90 Å². The van der Waals surface area contributed by atoms with E-state index in [4.69, 9.17) is 9.66 Å². The molecule has 0 spiro atoms. The van der Waals surface area contributed by atoms with Gasteiger partial charge < -0.3 is 4.52 Å². The molecule has 6 nitrogen and oxygen atoms in total. The summed E-state index contributed by atoms with van der Waals surface area (Å²) in [7, 11) is -3.69. The third-order valence-electron chi connectivity index (χ3n) is 2.60. The number of hydrogen-bond donors (Lipinski definition) is 1. The second kappa shape index (κ2) is 4.82. The van der Waals surface area contributed by atoms with E-state index in [-0.39, 0.29) is 4.90 Å². The average Bonchev–Trinajstić information content (AvgIpc) is 3.09. The zero-order valence-electron chi connectivity index (χ0n) is 10.1. The van der Waals surface area contributed by atoms with Gasteiger partial charge in [-0.1, -0.05) is 11.2 Å². The van der Waals surface area contributed by atoms with Gasteiger partial charge in [0.05, 0.1) is 9.77 Å². The predicted molar refractivity (Wildman–Crippen MR) is 74.4 cm³/mol. The van der Waals surface area contributed by atoms with Gasteiger partial charge in [0.25, 0.3) is 5.89 Å². The van der Waals surface area contributed by atoms with Crippen LogP contribution in [0.2, 0.25) is 0 Å². The molecular formula is C12H9N3O3S2. The van der Waals surface area contributed by atoms with Crippen LogP contribution in [-0.4, -0.2) is 18.6 Å². The zero-order valence-corrected chi connectivity index (χ0v) is 11.7. The fourth-order valence-corrected chi connectivity index (χ4v) is 2.79. The molecule has 0 aliphatic carbocycles. The first-order valence-corrected chi connectivity index (χ1v) is 7.97. The van der Waals surface area contributed by atoms with Crippen LogP contribution in [0.25, 0.3) is 22.2 Å². The molecule has 0 atom stereocenters. The lowest BCUT2D eigenvalue weighted by atomic mass is 10.2. The second-order valence-electron chi connectivity index (χ2n) is 3.97. The van der Waals surface area contributed by atoms with Gasteiger partial charge in [0.2, 0.25) is 15.8 Å². The van der Waals surface area contributed by atoms with Gasteiger partial charge in [-0.15, -0.1) is 11.3 Å². The largest absolute Gasteiger partial charge is 0.333 e. The maximum Gasteiger partial charge on any atom is 0.268 e. The monoisotopic (exact) mass is 307 g/mol. The minimum atomic E-state index is -3.69. The van der Waals surface area contributed by atoms with Gasteiger partial charge in [0, 0.05) is 5.56 Å². The lowest BCUT2D eigenvalue weighted by Gasteiger charge is -1.98. The molecule has 0 unspecified atom stereocenters. The van der Waals surface area contributed by atoms with Crippen LogP contribution < -0.4 is 5.14 Å². The van der Waals surface area contributed by atoms with E-state index in [1.165, 1.54) is 23.5 Å². The molecule has 2 N–H and O–H groups in total. The summed E-state index contributed by atoms with van der Waals surface area (Å²) in [5.74, 6) is 0.833. The van der Waals surface area contributed by atoms with Crippen molar-refractivity contribution in [3.63, 3.8) is 0 Å². The highest BCUT2D eigenvalue weighted by molar-refractivity contribution is 7.89. The van der Waals surface area contributed by atoms with Crippen LogP contribution in [0.5, 0.6) is 0 Å². The summed E-state index contributed by atoms with van der Waals surface area (Å²) in [6.45, 7) is 0. The fraction of sp³-hybridized carbons (Fsp3) is 0. The summed E-state index contributed by atoms with van der Waals surface area (Å²) in [5, 5.41) is 10.8. The topological polar surface area (TPSA) is 99.1 Å². The summed E-state index contributed by atoms with van der Waals surface area (Å²) in [6.07, 6.45) is 0. The van der Waals surface area contributed by atoms with Gasteiger partial charge in [-0.2, -0.15) is 4.98 Å². The number of nitrogens with two attached hydrogens (primary N) is 1. The average molecular weight is 307 g/mol. The van der Waals surface area contributed by atoms with Gasteiger partial charge in [0.15, 0.2) is 0 Å². The summed E-state index contributed by atoms with van der Waals surface area (Å²) < 4.78 is 27.5. The highest BCUT2D eigenvalue weighted by Gasteiger charge is 2.12. The highest BCUT2D eigenvalue weighted by atomic mass is 32.2. The van der Waals surface area contributed by atoms with Crippen LogP contribution in [-0.2, 0) is 10.0 Å². The molecule has 8 heteroatoms. The Labute approximate surface area is 118 Å². The molecule has 20 heavy (non-hydrogen) atoms. The van der Waals surface area contributed by atoms with Crippen LogP contribution in [0.3, 0.4) is 0 Å². The van der Waals surface area contributed by atoms with Crippen LogP contribution in [0.4, 0.5) is 0 Å². The van der Waals surface area contributed by atoms with E-state index in [2.05, 4.69) is 10.1 Å². The molecule has 0 aliphatic rings. The van der Waals surface area contributed by atoms with Crippen molar-refractivity contribution in [3.8, 4) is 22.2 Å². The molecule has 0 saturated heterocycles. The summed E-state index contributed by atoms with van der Waals surface area (Å²) in [4.78, 5) is 5.19. The first kappa shape index (κ1) is 13.0. The molecule has 1 aromatic carbocycles.